The molecule has 1 heterocycles. The third kappa shape index (κ3) is 1.74. The van der Waals surface area contributed by atoms with Crippen molar-refractivity contribution in [3.8, 4) is 0 Å². The van der Waals surface area contributed by atoms with Gasteiger partial charge in [0, 0.05) is 17.8 Å². The predicted octanol–water partition coefficient (Wildman–Crippen LogP) is 3.60. The van der Waals surface area contributed by atoms with Crippen molar-refractivity contribution in [2.24, 2.45) is 4.99 Å². The van der Waals surface area contributed by atoms with E-state index < -0.39 is 0 Å². The first-order valence-corrected chi connectivity index (χ1v) is 5.21. The zero-order chi connectivity index (χ0) is 11.5. The van der Waals surface area contributed by atoms with Crippen molar-refractivity contribution in [2.75, 3.05) is 0 Å². The van der Waals surface area contributed by atoms with Crippen molar-refractivity contribution >= 4 is 23.2 Å². The van der Waals surface area contributed by atoms with E-state index in [1.807, 2.05) is 19.2 Å². The highest BCUT2D eigenvalue weighted by molar-refractivity contribution is 5.86. The van der Waals surface area contributed by atoms with Gasteiger partial charge in [0.25, 0.3) is 0 Å². The summed E-state index contributed by atoms with van der Waals surface area (Å²) in [5.41, 5.74) is 4.53. The van der Waals surface area contributed by atoms with Crippen molar-refractivity contribution in [2.45, 2.75) is 13.8 Å². The second kappa shape index (κ2) is 4.27. The number of nitrogens with zero attached hydrogens (tertiary/aromatic N) is 2. The molecule has 80 valence electrons. The third-order valence-electron chi connectivity index (χ3n) is 2.74. The Morgan fingerprint density at radius 3 is 2.94 bits per heavy atom. The molecular weight excluding hydrogens is 196 g/mol. The van der Waals surface area contributed by atoms with E-state index in [9.17, 15) is 0 Å². The van der Waals surface area contributed by atoms with Crippen LogP contribution < -0.4 is 0 Å². The maximum atomic E-state index is 4.41. The quantitative estimate of drug-likeness (QED) is 0.695. The lowest BCUT2D eigenvalue weighted by atomic mass is 9.99. The van der Waals surface area contributed by atoms with E-state index >= 15 is 0 Å². The molecule has 0 bridgehead atoms. The smallest absolute Gasteiger partial charge is 0.0737 e. The van der Waals surface area contributed by atoms with E-state index in [4.69, 9.17) is 0 Å². The number of aliphatic imine (C=N–C) groups is 1. The number of rotatable bonds is 2. The Balaban J connectivity index is 2.70. The van der Waals surface area contributed by atoms with Crippen LogP contribution in [-0.2, 0) is 0 Å². The van der Waals surface area contributed by atoms with Crippen LogP contribution in [0.4, 0.5) is 0 Å². The molecule has 0 saturated carbocycles. The number of hydrogen-bond acceptors (Lipinski definition) is 2. The minimum absolute atomic E-state index is 1.05. The number of benzene rings is 1. The van der Waals surface area contributed by atoms with Gasteiger partial charge in [0.15, 0.2) is 0 Å². The van der Waals surface area contributed by atoms with Crippen molar-refractivity contribution in [3.05, 3.63) is 47.8 Å². The molecule has 2 heteroatoms. The number of fused-ring (bicyclic) bond motifs is 1. The summed E-state index contributed by atoms with van der Waals surface area (Å²) < 4.78 is 0. The summed E-state index contributed by atoms with van der Waals surface area (Å²) in [5.74, 6) is 0. The summed E-state index contributed by atoms with van der Waals surface area (Å²) in [7, 11) is 0. The predicted molar refractivity (Wildman–Crippen MR) is 69.7 cm³/mol. The highest BCUT2D eigenvalue weighted by Crippen LogP contribution is 2.24. The highest BCUT2D eigenvalue weighted by Gasteiger charge is 2.05. The van der Waals surface area contributed by atoms with Crippen LogP contribution in [0.15, 0.2) is 41.7 Å². The fourth-order valence-electron chi connectivity index (χ4n) is 1.92. The van der Waals surface area contributed by atoms with Crippen molar-refractivity contribution in [3.63, 3.8) is 0 Å². The van der Waals surface area contributed by atoms with Crippen LogP contribution >= 0.6 is 0 Å². The zero-order valence-electron chi connectivity index (χ0n) is 9.57. The Bertz CT molecular complexity index is 568. The van der Waals surface area contributed by atoms with E-state index in [2.05, 4.69) is 41.8 Å². The van der Waals surface area contributed by atoms with Crippen molar-refractivity contribution in [1.82, 2.24) is 4.98 Å². The molecule has 0 aliphatic carbocycles. The summed E-state index contributed by atoms with van der Waals surface area (Å²) in [6, 6.07) is 8.22. The van der Waals surface area contributed by atoms with Gasteiger partial charge < -0.3 is 0 Å². The second-order valence-electron chi connectivity index (χ2n) is 3.81. The van der Waals surface area contributed by atoms with E-state index in [1.54, 1.807) is 6.20 Å². The average molecular weight is 210 g/mol. The van der Waals surface area contributed by atoms with Gasteiger partial charge in [0.05, 0.1) is 5.52 Å². The SMILES string of the molecule is C=N/C=C(/C)c1ccc2cccnc2c1C. The Hall–Kier alpha value is -1.96. The maximum Gasteiger partial charge on any atom is 0.0737 e. The van der Waals surface area contributed by atoms with E-state index in [1.165, 1.54) is 16.5 Å². The summed E-state index contributed by atoms with van der Waals surface area (Å²) in [6.45, 7) is 7.60. The summed E-state index contributed by atoms with van der Waals surface area (Å²) in [4.78, 5) is 8.21. The first-order chi connectivity index (χ1) is 7.74. The lowest BCUT2D eigenvalue weighted by molar-refractivity contribution is 1.34. The Morgan fingerprint density at radius 1 is 1.38 bits per heavy atom. The largest absolute Gasteiger partial charge is 0.272 e. The molecule has 1 aromatic carbocycles. The molecule has 0 unspecified atom stereocenters. The molecule has 1 aromatic heterocycles. The lowest BCUT2D eigenvalue weighted by Gasteiger charge is -2.08. The molecule has 0 aliphatic heterocycles. The first kappa shape index (κ1) is 10.6. The molecule has 2 aromatic rings. The zero-order valence-corrected chi connectivity index (χ0v) is 9.57. The molecule has 0 atom stereocenters. The molecule has 0 spiro atoms. The molecule has 16 heavy (non-hydrogen) atoms. The molecule has 0 fully saturated rings. The van der Waals surface area contributed by atoms with Gasteiger partial charge >= 0.3 is 0 Å². The highest BCUT2D eigenvalue weighted by atomic mass is 14.7. The maximum absolute atomic E-state index is 4.41. The number of allylic oxidation sites excluding steroid dienone is 1. The number of aromatic nitrogens is 1. The van der Waals surface area contributed by atoms with Crippen LogP contribution in [0.3, 0.4) is 0 Å². The molecule has 0 amide bonds. The molecule has 2 nitrogen and oxygen atoms in total. The molecule has 0 saturated heterocycles. The topological polar surface area (TPSA) is 25.2 Å². The summed E-state index contributed by atoms with van der Waals surface area (Å²) in [5, 5.41) is 1.17. The molecule has 0 N–H and O–H groups in total. The molecule has 0 aliphatic rings. The van der Waals surface area contributed by atoms with E-state index in [0.29, 0.717) is 0 Å². The van der Waals surface area contributed by atoms with Gasteiger partial charge in [-0.3, -0.25) is 9.98 Å². The normalized spacial score (nSPS) is 11.8. The summed E-state index contributed by atoms with van der Waals surface area (Å²) in [6.07, 6.45) is 3.60. The van der Waals surface area contributed by atoms with Gasteiger partial charge in [0.1, 0.15) is 0 Å². The van der Waals surface area contributed by atoms with Gasteiger partial charge in [-0.2, -0.15) is 0 Å². The second-order valence-corrected chi connectivity index (χ2v) is 3.81. The van der Waals surface area contributed by atoms with Gasteiger partial charge in [-0.25, -0.2) is 0 Å². The van der Waals surface area contributed by atoms with Gasteiger partial charge in [0.2, 0.25) is 0 Å². The fraction of sp³-hybridized carbons (Fsp3) is 0.143. The Labute approximate surface area is 95.4 Å². The molecule has 0 radical (unpaired) electrons. The Kier molecular flexibility index (Phi) is 2.82. The Morgan fingerprint density at radius 2 is 2.19 bits per heavy atom. The van der Waals surface area contributed by atoms with Crippen LogP contribution in [-0.4, -0.2) is 11.7 Å². The van der Waals surface area contributed by atoms with Crippen LogP contribution in [0.2, 0.25) is 0 Å². The summed E-state index contributed by atoms with van der Waals surface area (Å²) >= 11 is 0. The van der Waals surface area contributed by atoms with E-state index in [-0.39, 0.29) is 0 Å². The van der Waals surface area contributed by atoms with Gasteiger partial charge in [-0.05, 0) is 43.3 Å². The minimum atomic E-state index is 1.05. The average Bonchev–Trinajstić information content (AvgIpc) is 2.30. The van der Waals surface area contributed by atoms with Gasteiger partial charge in [-0.1, -0.05) is 18.2 Å². The standard InChI is InChI=1S/C14H14N2/c1-10(9-15-3)13-7-6-12-5-4-8-16-14(12)11(13)2/h4-9H,3H2,1-2H3/b10-9-. The fourth-order valence-corrected chi connectivity index (χ4v) is 1.92. The number of pyridine rings is 1. The third-order valence-corrected chi connectivity index (χ3v) is 2.74. The van der Waals surface area contributed by atoms with Crippen LogP contribution in [0.25, 0.3) is 16.5 Å². The van der Waals surface area contributed by atoms with Gasteiger partial charge in [-0.15, -0.1) is 0 Å². The van der Waals surface area contributed by atoms with Crippen molar-refractivity contribution in [1.29, 1.82) is 0 Å². The van der Waals surface area contributed by atoms with E-state index in [0.717, 1.165) is 11.1 Å². The first-order valence-electron chi connectivity index (χ1n) is 5.21. The van der Waals surface area contributed by atoms with Crippen molar-refractivity contribution < 1.29 is 0 Å². The number of hydrogen-bond donors (Lipinski definition) is 0. The minimum Gasteiger partial charge on any atom is -0.272 e. The van der Waals surface area contributed by atoms with Crippen LogP contribution in [0.1, 0.15) is 18.1 Å². The number of aryl methyl sites for hydroxylation is 1. The molecule has 2 rings (SSSR count). The van der Waals surface area contributed by atoms with Crippen LogP contribution in [0.5, 0.6) is 0 Å². The van der Waals surface area contributed by atoms with Crippen LogP contribution in [0, 0.1) is 6.92 Å². The molecular formula is C14H14N2. The lowest BCUT2D eigenvalue weighted by Crippen LogP contribution is -1.89. The monoisotopic (exact) mass is 210 g/mol.